The van der Waals surface area contributed by atoms with Gasteiger partial charge in [0.05, 0.1) is 0 Å². The summed E-state index contributed by atoms with van der Waals surface area (Å²) in [7, 11) is 0. The van der Waals surface area contributed by atoms with E-state index in [1.54, 1.807) is 0 Å². The van der Waals surface area contributed by atoms with Crippen molar-refractivity contribution in [3.05, 3.63) is 30.1 Å². The maximum Gasteiger partial charge on any atom is 0.0300 e. The molecule has 1 heterocycles. The molecule has 0 radical (unpaired) electrons. The summed E-state index contributed by atoms with van der Waals surface area (Å²) in [6, 6.07) is 4.41. The molecule has 2 N–H and O–H groups in total. The molecule has 2 rings (SSSR count). The van der Waals surface area contributed by atoms with Gasteiger partial charge in [0.2, 0.25) is 0 Å². The number of nitrogens with zero attached hydrogens (tertiary/aromatic N) is 1. The highest BCUT2D eigenvalue weighted by molar-refractivity contribution is 5.09. The van der Waals surface area contributed by atoms with E-state index >= 15 is 0 Å². The third-order valence-electron chi connectivity index (χ3n) is 3.89. The first-order chi connectivity index (χ1) is 8.34. The number of hydrogen-bond acceptors (Lipinski definition) is 2. The van der Waals surface area contributed by atoms with Gasteiger partial charge in [0.25, 0.3) is 0 Å². The summed E-state index contributed by atoms with van der Waals surface area (Å²) >= 11 is 0. The van der Waals surface area contributed by atoms with Crippen LogP contribution in [0.15, 0.2) is 24.5 Å². The minimum Gasteiger partial charge on any atom is -0.327 e. The zero-order valence-corrected chi connectivity index (χ0v) is 10.6. The van der Waals surface area contributed by atoms with Crippen molar-refractivity contribution in [2.24, 2.45) is 11.7 Å². The molecule has 1 aromatic heterocycles. The summed E-state index contributed by atoms with van der Waals surface area (Å²) < 4.78 is 0. The average molecular weight is 232 g/mol. The molecule has 2 heteroatoms. The summed E-state index contributed by atoms with van der Waals surface area (Å²) in [4.78, 5) is 4.13. The van der Waals surface area contributed by atoms with Gasteiger partial charge in [-0.1, -0.05) is 38.2 Å². The maximum atomic E-state index is 6.20. The van der Waals surface area contributed by atoms with Crippen LogP contribution in [0.25, 0.3) is 0 Å². The van der Waals surface area contributed by atoms with Crippen molar-refractivity contribution < 1.29 is 0 Å². The number of hydrogen-bond donors (Lipinski definition) is 1. The van der Waals surface area contributed by atoms with Crippen LogP contribution >= 0.6 is 0 Å². The molecule has 0 spiro atoms. The molecular formula is C15H24N2. The van der Waals surface area contributed by atoms with E-state index in [0.29, 0.717) is 6.04 Å². The molecule has 1 aliphatic rings. The molecule has 1 atom stereocenters. The van der Waals surface area contributed by atoms with Gasteiger partial charge in [-0.25, -0.2) is 0 Å². The molecule has 94 valence electrons. The lowest BCUT2D eigenvalue weighted by Crippen LogP contribution is -2.24. The topological polar surface area (TPSA) is 38.9 Å². The molecule has 0 bridgehead atoms. The molecule has 1 aliphatic carbocycles. The van der Waals surface area contributed by atoms with Gasteiger partial charge in [0.1, 0.15) is 0 Å². The molecular weight excluding hydrogens is 208 g/mol. The van der Waals surface area contributed by atoms with Crippen molar-refractivity contribution in [1.82, 2.24) is 4.98 Å². The fourth-order valence-corrected chi connectivity index (χ4v) is 2.85. The minimum atomic E-state index is 0.307. The Hall–Kier alpha value is -0.890. The van der Waals surface area contributed by atoms with Crippen LogP contribution in [0.2, 0.25) is 0 Å². The van der Waals surface area contributed by atoms with Crippen LogP contribution in [-0.4, -0.2) is 11.0 Å². The van der Waals surface area contributed by atoms with E-state index in [0.717, 1.165) is 12.3 Å². The van der Waals surface area contributed by atoms with Crippen molar-refractivity contribution >= 4 is 0 Å². The summed E-state index contributed by atoms with van der Waals surface area (Å²) in [6.45, 7) is 0. The zero-order chi connectivity index (χ0) is 11.9. The lowest BCUT2D eigenvalue weighted by atomic mass is 9.85. The van der Waals surface area contributed by atoms with Gasteiger partial charge in [-0.3, -0.25) is 4.98 Å². The third-order valence-corrected chi connectivity index (χ3v) is 3.89. The molecule has 0 aliphatic heterocycles. The SMILES string of the molecule is NC(CCC1CCCCC1)Cc1cccnc1. The van der Waals surface area contributed by atoms with Crippen LogP contribution in [0.1, 0.15) is 50.5 Å². The Balaban J connectivity index is 1.68. The zero-order valence-electron chi connectivity index (χ0n) is 10.6. The Kier molecular flexibility index (Phi) is 4.99. The molecule has 0 saturated heterocycles. The Morgan fingerprint density at radius 2 is 2.12 bits per heavy atom. The lowest BCUT2D eigenvalue weighted by Gasteiger charge is -2.22. The quantitative estimate of drug-likeness (QED) is 0.846. The molecule has 0 amide bonds. The summed E-state index contributed by atoms with van der Waals surface area (Å²) in [5.41, 5.74) is 7.46. The average Bonchev–Trinajstić information content (AvgIpc) is 2.39. The van der Waals surface area contributed by atoms with Crippen LogP contribution in [0, 0.1) is 5.92 Å². The van der Waals surface area contributed by atoms with Crippen molar-refractivity contribution in [3.8, 4) is 0 Å². The first-order valence-electron chi connectivity index (χ1n) is 6.99. The van der Waals surface area contributed by atoms with Crippen LogP contribution in [0.4, 0.5) is 0 Å². The lowest BCUT2D eigenvalue weighted by molar-refractivity contribution is 0.323. The van der Waals surface area contributed by atoms with Gasteiger partial charge in [0.15, 0.2) is 0 Å². The largest absolute Gasteiger partial charge is 0.327 e. The highest BCUT2D eigenvalue weighted by Crippen LogP contribution is 2.27. The summed E-state index contributed by atoms with van der Waals surface area (Å²) in [5.74, 6) is 0.948. The van der Waals surface area contributed by atoms with Crippen molar-refractivity contribution in [3.63, 3.8) is 0 Å². The van der Waals surface area contributed by atoms with Crippen LogP contribution < -0.4 is 5.73 Å². The van der Waals surface area contributed by atoms with Gasteiger partial charge in [-0.15, -0.1) is 0 Å². The molecule has 1 aromatic rings. The highest BCUT2D eigenvalue weighted by Gasteiger charge is 2.14. The van der Waals surface area contributed by atoms with Gasteiger partial charge in [-0.2, -0.15) is 0 Å². The number of aromatic nitrogens is 1. The van der Waals surface area contributed by atoms with Crippen molar-refractivity contribution in [2.75, 3.05) is 0 Å². The smallest absolute Gasteiger partial charge is 0.0300 e. The minimum absolute atomic E-state index is 0.307. The van der Waals surface area contributed by atoms with Gasteiger partial charge < -0.3 is 5.73 Å². The van der Waals surface area contributed by atoms with Gasteiger partial charge >= 0.3 is 0 Å². The number of rotatable bonds is 5. The molecule has 2 nitrogen and oxygen atoms in total. The van der Waals surface area contributed by atoms with E-state index < -0.39 is 0 Å². The monoisotopic (exact) mass is 232 g/mol. The van der Waals surface area contributed by atoms with Crippen LogP contribution in [0.3, 0.4) is 0 Å². The van der Waals surface area contributed by atoms with E-state index in [1.807, 2.05) is 18.5 Å². The normalized spacial score (nSPS) is 19.1. The fraction of sp³-hybridized carbons (Fsp3) is 0.667. The molecule has 17 heavy (non-hydrogen) atoms. The molecule has 1 fully saturated rings. The van der Waals surface area contributed by atoms with Crippen LogP contribution in [-0.2, 0) is 6.42 Å². The van der Waals surface area contributed by atoms with E-state index in [2.05, 4.69) is 11.1 Å². The predicted octanol–water partition coefficient (Wildman–Crippen LogP) is 3.31. The molecule has 1 saturated carbocycles. The number of pyridine rings is 1. The van der Waals surface area contributed by atoms with E-state index in [1.165, 1.54) is 50.5 Å². The Morgan fingerprint density at radius 3 is 2.82 bits per heavy atom. The second kappa shape index (κ2) is 6.75. The third kappa shape index (κ3) is 4.47. The van der Waals surface area contributed by atoms with Gasteiger partial charge in [0, 0.05) is 18.4 Å². The fourth-order valence-electron chi connectivity index (χ4n) is 2.85. The van der Waals surface area contributed by atoms with E-state index in [4.69, 9.17) is 5.73 Å². The second-order valence-corrected chi connectivity index (χ2v) is 5.41. The van der Waals surface area contributed by atoms with E-state index in [-0.39, 0.29) is 0 Å². The predicted molar refractivity (Wildman–Crippen MR) is 71.7 cm³/mol. The first kappa shape index (κ1) is 12.6. The van der Waals surface area contributed by atoms with Crippen LogP contribution in [0.5, 0.6) is 0 Å². The summed E-state index contributed by atoms with van der Waals surface area (Å²) in [6.07, 6.45) is 14.4. The van der Waals surface area contributed by atoms with E-state index in [9.17, 15) is 0 Å². The molecule has 0 aromatic carbocycles. The Morgan fingerprint density at radius 1 is 1.29 bits per heavy atom. The van der Waals surface area contributed by atoms with Crippen molar-refractivity contribution in [1.29, 1.82) is 0 Å². The Labute approximate surface area is 105 Å². The summed E-state index contributed by atoms with van der Waals surface area (Å²) in [5, 5.41) is 0. The first-order valence-corrected chi connectivity index (χ1v) is 6.99. The highest BCUT2D eigenvalue weighted by atomic mass is 14.6. The second-order valence-electron chi connectivity index (χ2n) is 5.41. The maximum absolute atomic E-state index is 6.20. The molecule has 1 unspecified atom stereocenters. The Bertz CT molecular complexity index is 304. The van der Waals surface area contributed by atoms with Crippen molar-refractivity contribution in [2.45, 2.75) is 57.4 Å². The standard InChI is InChI=1S/C15H24N2/c16-15(11-14-7-4-10-17-12-14)9-8-13-5-2-1-3-6-13/h4,7,10,12-13,15H,1-3,5-6,8-9,11,16H2. The number of nitrogens with two attached hydrogens (primary N) is 1. The van der Waals surface area contributed by atoms with Gasteiger partial charge in [-0.05, 0) is 36.8 Å².